The number of nitrogens with one attached hydrogen (secondary N) is 1. The van der Waals surface area contributed by atoms with E-state index in [0.29, 0.717) is 32.8 Å². The van der Waals surface area contributed by atoms with Crippen molar-refractivity contribution in [2.24, 2.45) is 0 Å². The first-order chi connectivity index (χ1) is 13.0. The highest BCUT2D eigenvalue weighted by atomic mass is 35.5. The van der Waals surface area contributed by atoms with Crippen LogP contribution in [-0.4, -0.2) is 13.0 Å². The lowest BCUT2D eigenvalue weighted by Crippen LogP contribution is -2.12. The zero-order valence-electron chi connectivity index (χ0n) is 14.5. The van der Waals surface area contributed by atoms with Crippen LogP contribution in [-0.2, 0) is 6.61 Å². The van der Waals surface area contributed by atoms with E-state index in [1.54, 1.807) is 61.7 Å². The van der Waals surface area contributed by atoms with E-state index in [0.717, 1.165) is 5.56 Å². The number of halogens is 2. The first-order valence-corrected chi connectivity index (χ1v) is 8.93. The van der Waals surface area contributed by atoms with E-state index in [1.165, 1.54) is 0 Å². The number of rotatable bonds is 6. The molecule has 3 aromatic carbocycles. The fourth-order valence-electron chi connectivity index (χ4n) is 2.52. The van der Waals surface area contributed by atoms with Crippen LogP contribution in [0.2, 0.25) is 10.0 Å². The average molecular weight is 402 g/mol. The molecular weight excluding hydrogens is 385 g/mol. The quantitative estimate of drug-likeness (QED) is 0.564. The van der Waals surface area contributed by atoms with Crippen molar-refractivity contribution in [2.45, 2.75) is 6.61 Å². The van der Waals surface area contributed by atoms with Gasteiger partial charge in [-0.2, -0.15) is 0 Å². The Labute approximate surface area is 167 Å². The van der Waals surface area contributed by atoms with E-state index in [9.17, 15) is 4.79 Å². The molecule has 0 saturated carbocycles. The van der Waals surface area contributed by atoms with Gasteiger partial charge in [-0.05, 0) is 54.6 Å². The topological polar surface area (TPSA) is 47.6 Å². The van der Waals surface area contributed by atoms with Crippen molar-refractivity contribution in [1.29, 1.82) is 0 Å². The van der Waals surface area contributed by atoms with E-state index in [1.807, 2.05) is 12.1 Å². The zero-order valence-corrected chi connectivity index (χ0v) is 16.1. The Balaban J connectivity index is 1.77. The van der Waals surface area contributed by atoms with Crippen molar-refractivity contribution in [2.75, 3.05) is 12.4 Å². The van der Waals surface area contributed by atoms with Gasteiger partial charge in [-0.1, -0.05) is 35.3 Å². The van der Waals surface area contributed by atoms with Gasteiger partial charge in [0.1, 0.15) is 18.1 Å². The van der Waals surface area contributed by atoms with Crippen LogP contribution < -0.4 is 14.8 Å². The molecule has 0 unspecified atom stereocenters. The molecule has 0 heterocycles. The molecule has 0 fully saturated rings. The standard InChI is InChI=1S/C21H17Cl2NO3/c1-26-20-9-8-14(21(25)24-18-6-2-4-16(22)11-18)10-15(20)13-27-19-7-3-5-17(23)12-19/h2-12H,13H2,1H3,(H,24,25). The summed E-state index contributed by atoms with van der Waals surface area (Å²) in [5, 5.41) is 3.97. The number of hydrogen-bond acceptors (Lipinski definition) is 3. The fraction of sp³-hybridized carbons (Fsp3) is 0.0952. The van der Waals surface area contributed by atoms with Crippen molar-refractivity contribution in [1.82, 2.24) is 0 Å². The third-order valence-electron chi connectivity index (χ3n) is 3.82. The molecule has 0 aliphatic heterocycles. The second-order valence-electron chi connectivity index (χ2n) is 5.74. The monoisotopic (exact) mass is 401 g/mol. The Hall–Kier alpha value is -2.69. The minimum Gasteiger partial charge on any atom is -0.496 e. The molecule has 0 saturated heterocycles. The maximum Gasteiger partial charge on any atom is 0.255 e. The molecule has 138 valence electrons. The SMILES string of the molecule is COc1ccc(C(=O)Nc2cccc(Cl)c2)cc1COc1cccc(Cl)c1. The van der Waals surface area contributed by atoms with Crippen molar-refractivity contribution in [3.63, 3.8) is 0 Å². The summed E-state index contributed by atoms with van der Waals surface area (Å²) < 4.78 is 11.1. The van der Waals surface area contributed by atoms with Crippen LogP contribution in [0.15, 0.2) is 66.7 Å². The van der Waals surface area contributed by atoms with E-state index in [-0.39, 0.29) is 12.5 Å². The van der Waals surface area contributed by atoms with Gasteiger partial charge in [0.2, 0.25) is 0 Å². The molecule has 1 N–H and O–H groups in total. The molecule has 3 aromatic rings. The Morgan fingerprint density at radius 2 is 1.70 bits per heavy atom. The summed E-state index contributed by atoms with van der Waals surface area (Å²) >= 11 is 11.9. The molecule has 0 aromatic heterocycles. The molecule has 3 rings (SSSR count). The Bertz CT molecular complexity index is 960. The predicted octanol–water partition coefficient (Wildman–Crippen LogP) is 5.83. The van der Waals surface area contributed by atoms with Gasteiger partial charge in [-0.15, -0.1) is 0 Å². The summed E-state index contributed by atoms with van der Waals surface area (Å²) in [5.41, 5.74) is 1.86. The van der Waals surface area contributed by atoms with Crippen LogP contribution in [0, 0.1) is 0 Å². The maximum absolute atomic E-state index is 12.5. The fourth-order valence-corrected chi connectivity index (χ4v) is 2.89. The van der Waals surface area contributed by atoms with Gasteiger partial charge in [0.15, 0.2) is 0 Å². The van der Waals surface area contributed by atoms with Crippen LogP contribution in [0.1, 0.15) is 15.9 Å². The molecule has 0 aliphatic carbocycles. The van der Waals surface area contributed by atoms with Crippen LogP contribution in [0.3, 0.4) is 0 Å². The summed E-state index contributed by atoms with van der Waals surface area (Å²) in [6.07, 6.45) is 0. The molecule has 27 heavy (non-hydrogen) atoms. The molecule has 0 spiro atoms. The van der Waals surface area contributed by atoms with E-state index >= 15 is 0 Å². The lowest BCUT2D eigenvalue weighted by molar-refractivity contribution is 0.102. The second kappa shape index (κ2) is 8.80. The van der Waals surface area contributed by atoms with Crippen molar-refractivity contribution < 1.29 is 14.3 Å². The van der Waals surface area contributed by atoms with Crippen molar-refractivity contribution >= 4 is 34.8 Å². The van der Waals surface area contributed by atoms with Gasteiger partial charge < -0.3 is 14.8 Å². The Morgan fingerprint density at radius 1 is 0.963 bits per heavy atom. The highest BCUT2D eigenvalue weighted by molar-refractivity contribution is 6.31. The van der Waals surface area contributed by atoms with Crippen LogP contribution in [0.25, 0.3) is 0 Å². The van der Waals surface area contributed by atoms with Crippen molar-refractivity contribution in [3.05, 3.63) is 87.9 Å². The van der Waals surface area contributed by atoms with Gasteiger partial charge in [0.05, 0.1) is 7.11 Å². The average Bonchev–Trinajstić information content (AvgIpc) is 2.66. The van der Waals surface area contributed by atoms with E-state index in [2.05, 4.69) is 5.32 Å². The summed E-state index contributed by atoms with van der Waals surface area (Å²) in [5.74, 6) is 1.03. The lowest BCUT2D eigenvalue weighted by atomic mass is 10.1. The summed E-state index contributed by atoms with van der Waals surface area (Å²) in [7, 11) is 1.57. The molecular formula is C21H17Cl2NO3. The van der Waals surface area contributed by atoms with Crippen LogP contribution in [0.4, 0.5) is 5.69 Å². The summed E-state index contributed by atoms with van der Waals surface area (Å²) in [6, 6.07) is 19.3. The minimum atomic E-state index is -0.246. The van der Waals surface area contributed by atoms with Gasteiger partial charge in [-0.3, -0.25) is 4.79 Å². The number of amides is 1. The largest absolute Gasteiger partial charge is 0.496 e. The number of benzene rings is 3. The number of methoxy groups -OCH3 is 1. The van der Waals surface area contributed by atoms with Gasteiger partial charge in [0, 0.05) is 26.9 Å². The van der Waals surface area contributed by atoms with Crippen molar-refractivity contribution in [3.8, 4) is 11.5 Å². The third kappa shape index (κ3) is 5.16. The second-order valence-corrected chi connectivity index (χ2v) is 6.61. The zero-order chi connectivity index (χ0) is 19.2. The number of carbonyl (C=O) groups excluding carboxylic acids is 1. The third-order valence-corrected chi connectivity index (χ3v) is 4.29. The molecule has 0 aliphatic rings. The normalized spacial score (nSPS) is 10.3. The summed E-state index contributed by atoms with van der Waals surface area (Å²) in [6.45, 7) is 0.238. The molecule has 4 nitrogen and oxygen atoms in total. The predicted molar refractivity (Wildman–Crippen MR) is 108 cm³/mol. The van der Waals surface area contributed by atoms with E-state index in [4.69, 9.17) is 32.7 Å². The molecule has 0 radical (unpaired) electrons. The highest BCUT2D eigenvalue weighted by Crippen LogP contribution is 2.24. The number of hydrogen-bond donors (Lipinski definition) is 1. The maximum atomic E-state index is 12.5. The van der Waals surface area contributed by atoms with Crippen LogP contribution in [0.5, 0.6) is 11.5 Å². The number of ether oxygens (including phenoxy) is 2. The highest BCUT2D eigenvalue weighted by Gasteiger charge is 2.12. The van der Waals surface area contributed by atoms with Gasteiger partial charge in [-0.25, -0.2) is 0 Å². The van der Waals surface area contributed by atoms with E-state index < -0.39 is 0 Å². The number of carbonyl (C=O) groups is 1. The molecule has 6 heteroatoms. The smallest absolute Gasteiger partial charge is 0.255 e. The molecule has 0 atom stereocenters. The first-order valence-electron chi connectivity index (χ1n) is 8.17. The van der Waals surface area contributed by atoms with Crippen LogP contribution >= 0.6 is 23.2 Å². The molecule has 0 bridgehead atoms. The number of anilines is 1. The lowest BCUT2D eigenvalue weighted by Gasteiger charge is -2.13. The van der Waals surface area contributed by atoms with Gasteiger partial charge >= 0.3 is 0 Å². The first kappa shape index (κ1) is 19.1. The minimum absolute atomic E-state index is 0.238. The Morgan fingerprint density at radius 3 is 2.41 bits per heavy atom. The molecule has 1 amide bonds. The summed E-state index contributed by atoms with van der Waals surface area (Å²) in [4.78, 5) is 12.5. The van der Waals surface area contributed by atoms with Gasteiger partial charge in [0.25, 0.3) is 5.91 Å². The Kier molecular flexibility index (Phi) is 6.22.